The number of hydroxylamine groups is 1. The highest BCUT2D eigenvalue weighted by Crippen LogP contribution is 2.25. The lowest BCUT2D eigenvalue weighted by Crippen LogP contribution is -2.18. The summed E-state index contributed by atoms with van der Waals surface area (Å²) >= 11 is 0. The van der Waals surface area contributed by atoms with Crippen molar-refractivity contribution < 1.29 is 19.9 Å². The second kappa shape index (κ2) is 9.39. The average Bonchev–Trinajstić information content (AvgIpc) is 2.63. The Hall–Kier alpha value is -2.93. The summed E-state index contributed by atoms with van der Waals surface area (Å²) in [6.45, 7) is 0. The van der Waals surface area contributed by atoms with E-state index in [4.69, 9.17) is 5.21 Å². The van der Waals surface area contributed by atoms with Crippen LogP contribution in [0, 0.1) is 0 Å². The monoisotopic (exact) mass is 343 g/mol. The van der Waals surface area contributed by atoms with Crippen molar-refractivity contribution in [3.8, 4) is 5.75 Å². The maximum absolute atomic E-state index is 11.7. The molecule has 132 valence electrons. The van der Waals surface area contributed by atoms with E-state index < -0.39 is 5.91 Å². The Kier molecular flexibility index (Phi) is 6.91. The van der Waals surface area contributed by atoms with Gasteiger partial charge in [-0.2, -0.15) is 5.10 Å². The van der Waals surface area contributed by atoms with Crippen LogP contribution in [0.5, 0.6) is 5.75 Å². The standard InChI is InChI=1S/C18H21N3O4/c22-16-11-10-13-6-4-5-7-14(13)15(16)12-19-20-17(23)8-2-1-3-9-18(24)21-25/h4-7,10-12,22,25H,1-3,8-9H2,(H,20,23)(H,21,24)/b19-12+. The molecule has 7 nitrogen and oxygen atoms in total. The number of amides is 2. The molecule has 7 heteroatoms. The van der Waals surface area contributed by atoms with E-state index in [1.807, 2.05) is 30.3 Å². The molecular formula is C18H21N3O4. The molecule has 0 radical (unpaired) electrons. The molecule has 0 saturated heterocycles. The number of phenols is 1. The van der Waals surface area contributed by atoms with Crippen molar-refractivity contribution in [2.24, 2.45) is 5.10 Å². The number of nitrogens with one attached hydrogen (secondary N) is 2. The molecule has 2 aromatic rings. The van der Waals surface area contributed by atoms with Crippen molar-refractivity contribution in [1.82, 2.24) is 10.9 Å². The van der Waals surface area contributed by atoms with Gasteiger partial charge in [-0.3, -0.25) is 14.8 Å². The van der Waals surface area contributed by atoms with Crippen molar-refractivity contribution in [2.45, 2.75) is 32.1 Å². The lowest BCUT2D eigenvalue weighted by Gasteiger charge is -2.05. The van der Waals surface area contributed by atoms with Gasteiger partial charge in [-0.15, -0.1) is 0 Å². The number of aromatic hydroxyl groups is 1. The predicted octanol–water partition coefficient (Wildman–Crippen LogP) is 2.45. The van der Waals surface area contributed by atoms with Crippen molar-refractivity contribution in [3.05, 3.63) is 42.0 Å². The zero-order valence-corrected chi connectivity index (χ0v) is 13.7. The van der Waals surface area contributed by atoms with E-state index >= 15 is 0 Å². The molecule has 2 aromatic carbocycles. The van der Waals surface area contributed by atoms with Gasteiger partial charge in [0.05, 0.1) is 6.21 Å². The van der Waals surface area contributed by atoms with Crippen LogP contribution in [0.15, 0.2) is 41.5 Å². The van der Waals surface area contributed by atoms with Crippen LogP contribution >= 0.6 is 0 Å². The SMILES string of the molecule is O=C(CCCCCC(=O)N/N=C/c1c(O)ccc2ccccc12)NO. The van der Waals surface area contributed by atoms with E-state index in [-0.39, 0.29) is 18.1 Å². The summed E-state index contributed by atoms with van der Waals surface area (Å²) in [4.78, 5) is 22.6. The quantitative estimate of drug-likeness (QED) is 0.255. The highest BCUT2D eigenvalue weighted by atomic mass is 16.5. The number of fused-ring (bicyclic) bond motifs is 1. The molecule has 0 unspecified atom stereocenters. The summed E-state index contributed by atoms with van der Waals surface area (Å²) in [5.41, 5.74) is 4.55. The molecule has 4 N–H and O–H groups in total. The number of unbranched alkanes of at least 4 members (excludes halogenated alkanes) is 2. The molecule has 0 atom stereocenters. The molecule has 0 aliphatic carbocycles. The van der Waals surface area contributed by atoms with Crippen molar-refractivity contribution in [3.63, 3.8) is 0 Å². The largest absolute Gasteiger partial charge is 0.507 e. The number of phenolic OH excluding ortho intramolecular Hbond substituents is 1. The fourth-order valence-corrected chi connectivity index (χ4v) is 2.45. The second-order valence-corrected chi connectivity index (χ2v) is 5.61. The summed E-state index contributed by atoms with van der Waals surface area (Å²) < 4.78 is 0. The Labute approximate surface area is 145 Å². The third-order valence-electron chi connectivity index (χ3n) is 3.76. The maximum Gasteiger partial charge on any atom is 0.243 e. The van der Waals surface area contributed by atoms with Gasteiger partial charge < -0.3 is 5.11 Å². The number of carbonyl (C=O) groups is 2. The molecule has 0 spiro atoms. The van der Waals surface area contributed by atoms with Gasteiger partial charge in [-0.1, -0.05) is 36.8 Å². The summed E-state index contributed by atoms with van der Waals surface area (Å²) in [7, 11) is 0. The van der Waals surface area contributed by atoms with E-state index in [9.17, 15) is 14.7 Å². The van der Waals surface area contributed by atoms with E-state index in [0.29, 0.717) is 31.2 Å². The second-order valence-electron chi connectivity index (χ2n) is 5.61. The predicted molar refractivity (Wildman–Crippen MR) is 94.4 cm³/mol. The molecule has 0 aliphatic heterocycles. The fourth-order valence-electron chi connectivity index (χ4n) is 2.45. The van der Waals surface area contributed by atoms with Gasteiger partial charge in [-0.05, 0) is 29.7 Å². The average molecular weight is 343 g/mol. The Morgan fingerprint density at radius 1 is 1.00 bits per heavy atom. The van der Waals surface area contributed by atoms with Crippen LogP contribution in [-0.4, -0.2) is 28.3 Å². The van der Waals surface area contributed by atoms with Gasteiger partial charge in [0.2, 0.25) is 11.8 Å². The van der Waals surface area contributed by atoms with Crippen LogP contribution in [0.25, 0.3) is 10.8 Å². The topological polar surface area (TPSA) is 111 Å². The molecule has 0 heterocycles. The maximum atomic E-state index is 11.7. The molecular weight excluding hydrogens is 322 g/mol. The van der Waals surface area contributed by atoms with Gasteiger partial charge in [0, 0.05) is 18.4 Å². The summed E-state index contributed by atoms with van der Waals surface area (Å²) in [5.74, 6) is -0.564. The van der Waals surface area contributed by atoms with Crippen LogP contribution < -0.4 is 10.9 Å². The Balaban J connectivity index is 1.82. The van der Waals surface area contributed by atoms with Gasteiger partial charge in [0.15, 0.2) is 0 Å². The fraction of sp³-hybridized carbons (Fsp3) is 0.278. The molecule has 2 rings (SSSR count). The van der Waals surface area contributed by atoms with Gasteiger partial charge in [0.25, 0.3) is 0 Å². The van der Waals surface area contributed by atoms with E-state index in [1.54, 1.807) is 11.5 Å². The molecule has 0 aliphatic rings. The smallest absolute Gasteiger partial charge is 0.243 e. The van der Waals surface area contributed by atoms with Crippen LogP contribution in [0.3, 0.4) is 0 Å². The first kappa shape index (κ1) is 18.4. The van der Waals surface area contributed by atoms with Crippen molar-refractivity contribution >= 4 is 28.8 Å². The number of carbonyl (C=O) groups excluding carboxylic acids is 2. The Bertz CT molecular complexity index is 774. The lowest BCUT2D eigenvalue weighted by molar-refractivity contribution is -0.129. The lowest BCUT2D eigenvalue weighted by atomic mass is 10.0. The third kappa shape index (κ3) is 5.58. The number of nitrogens with zero attached hydrogens (tertiary/aromatic N) is 1. The Morgan fingerprint density at radius 2 is 1.72 bits per heavy atom. The highest BCUT2D eigenvalue weighted by Gasteiger charge is 2.05. The molecule has 0 saturated carbocycles. The van der Waals surface area contributed by atoms with Gasteiger partial charge in [0.1, 0.15) is 5.75 Å². The minimum absolute atomic E-state index is 0.0962. The minimum atomic E-state index is -0.427. The Morgan fingerprint density at radius 3 is 2.48 bits per heavy atom. The third-order valence-corrected chi connectivity index (χ3v) is 3.76. The summed E-state index contributed by atoms with van der Waals surface area (Å²) in [5, 5.41) is 24.1. The van der Waals surface area contributed by atoms with E-state index in [1.165, 1.54) is 6.21 Å². The molecule has 0 bridgehead atoms. The van der Waals surface area contributed by atoms with Crippen LogP contribution in [0.2, 0.25) is 0 Å². The molecule has 0 aromatic heterocycles. The first-order valence-corrected chi connectivity index (χ1v) is 8.07. The van der Waals surface area contributed by atoms with Crippen molar-refractivity contribution in [1.29, 1.82) is 0 Å². The number of rotatable bonds is 8. The van der Waals surface area contributed by atoms with Gasteiger partial charge >= 0.3 is 0 Å². The number of benzene rings is 2. The van der Waals surface area contributed by atoms with E-state index in [2.05, 4.69) is 10.5 Å². The minimum Gasteiger partial charge on any atom is -0.507 e. The first-order valence-electron chi connectivity index (χ1n) is 8.07. The highest BCUT2D eigenvalue weighted by molar-refractivity contribution is 6.02. The number of hydrazone groups is 1. The zero-order chi connectivity index (χ0) is 18.1. The molecule has 2 amide bonds. The normalized spacial score (nSPS) is 10.9. The molecule has 0 fully saturated rings. The van der Waals surface area contributed by atoms with E-state index in [0.717, 1.165) is 10.8 Å². The van der Waals surface area contributed by atoms with Gasteiger partial charge in [-0.25, -0.2) is 10.9 Å². The summed E-state index contributed by atoms with van der Waals surface area (Å²) in [6.07, 6.45) is 3.89. The number of hydrogen-bond donors (Lipinski definition) is 4. The van der Waals surface area contributed by atoms with Crippen LogP contribution in [0.1, 0.15) is 37.7 Å². The van der Waals surface area contributed by atoms with Crippen LogP contribution in [-0.2, 0) is 9.59 Å². The first-order chi connectivity index (χ1) is 12.1. The number of hydrogen-bond acceptors (Lipinski definition) is 5. The van der Waals surface area contributed by atoms with Crippen molar-refractivity contribution in [2.75, 3.05) is 0 Å². The summed E-state index contributed by atoms with van der Waals surface area (Å²) in [6, 6.07) is 11.0. The molecule has 25 heavy (non-hydrogen) atoms. The van der Waals surface area contributed by atoms with Crippen LogP contribution in [0.4, 0.5) is 0 Å². The zero-order valence-electron chi connectivity index (χ0n) is 13.7.